The van der Waals surface area contributed by atoms with Crippen molar-refractivity contribution in [3.8, 4) is 0 Å². The highest BCUT2D eigenvalue weighted by Gasteiger charge is 2.47. The molecule has 2 saturated carbocycles. The summed E-state index contributed by atoms with van der Waals surface area (Å²) in [4.78, 5) is 5.00. The molecule has 0 spiro atoms. The summed E-state index contributed by atoms with van der Waals surface area (Å²) in [6.45, 7) is 3.26. The van der Waals surface area contributed by atoms with Gasteiger partial charge >= 0.3 is 0 Å². The summed E-state index contributed by atoms with van der Waals surface area (Å²) < 4.78 is 0. The number of hydrogen-bond donors (Lipinski definition) is 2. The number of rotatable bonds is 6. The third-order valence-corrected chi connectivity index (χ3v) is 5.93. The molecule has 0 bridgehead atoms. The topological polar surface area (TPSA) is 67.8 Å². The van der Waals surface area contributed by atoms with Crippen molar-refractivity contribution in [1.29, 1.82) is 0 Å². The van der Waals surface area contributed by atoms with E-state index < -0.39 is 0 Å². The fourth-order valence-corrected chi connectivity index (χ4v) is 4.95. The van der Waals surface area contributed by atoms with Crippen molar-refractivity contribution in [2.75, 3.05) is 13.2 Å². The summed E-state index contributed by atoms with van der Waals surface area (Å²) in [5.74, 6) is 2.56. The lowest BCUT2D eigenvalue weighted by Gasteiger charge is -2.39. The number of oxime groups is 1. The molecule has 3 N–H and O–H groups in total. The lowest BCUT2D eigenvalue weighted by Crippen LogP contribution is -2.33. The van der Waals surface area contributed by atoms with Gasteiger partial charge < -0.3 is 15.7 Å². The summed E-state index contributed by atoms with van der Waals surface area (Å²) in [5.41, 5.74) is 6.77. The van der Waals surface area contributed by atoms with Gasteiger partial charge in [0.2, 0.25) is 0 Å². The van der Waals surface area contributed by atoms with Crippen LogP contribution in [0.4, 0.5) is 0 Å². The van der Waals surface area contributed by atoms with Crippen LogP contribution in [-0.4, -0.2) is 30.6 Å². The van der Waals surface area contributed by atoms with Gasteiger partial charge in [-0.25, -0.2) is 0 Å². The van der Waals surface area contributed by atoms with Gasteiger partial charge in [0.15, 0.2) is 0 Å². The van der Waals surface area contributed by atoms with Crippen LogP contribution >= 0.6 is 0 Å². The minimum atomic E-state index is -0.195. The van der Waals surface area contributed by atoms with Gasteiger partial charge in [-0.15, -0.1) is 0 Å². The second-order valence-corrected chi connectivity index (χ2v) is 7.53. The molecule has 0 unspecified atom stereocenters. The number of nitrogens with two attached hydrogens (primary N) is 1. The van der Waals surface area contributed by atoms with Crippen LogP contribution in [0.25, 0.3) is 0 Å². The first kappa shape index (κ1) is 18.2. The minimum Gasteiger partial charge on any atom is -0.394 e. The Labute approximate surface area is 150 Å². The fraction of sp³-hybridized carbons (Fsp3) is 0.571. The second-order valence-electron chi connectivity index (χ2n) is 7.53. The summed E-state index contributed by atoms with van der Waals surface area (Å²) in [6.07, 6.45) is 8.78. The van der Waals surface area contributed by atoms with Crippen LogP contribution in [0.5, 0.6) is 0 Å². The lowest BCUT2D eigenvalue weighted by atomic mass is 9.65. The normalized spacial score (nSPS) is 35.3. The van der Waals surface area contributed by atoms with Crippen LogP contribution in [0.3, 0.4) is 0 Å². The van der Waals surface area contributed by atoms with Crippen molar-refractivity contribution in [3.63, 3.8) is 0 Å². The summed E-state index contributed by atoms with van der Waals surface area (Å²) in [7, 11) is 0. The van der Waals surface area contributed by atoms with Crippen LogP contribution in [0, 0.1) is 23.7 Å². The Kier molecular flexibility index (Phi) is 6.27. The average Bonchev–Trinajstić information content (AvgIpc) is 2.95. The zero-order valence-corrected chi connectivity index (χ0v) is 15.0. The highest BCUT2D eigenvalue weighted by Crippen LogP contribution is 2.53. The number of hydrogen-bond acceptors (Lipinski definition) is 4. The molecule has 136 valence electrons. The summed E-state index contributed by atoms with van der Waals surface area (Å²) in [6, 6.07) is 10.8. The maximum absolute atomic E-state index is 10.6. The van der Waals surface area contributed by atoms with E-state index in [9.17, 15) is 5.11 Å². The van der Waals surface area contributed by atoms with Gasteiger partial charge in [0, 0.05) is 6.54 Å². The molecule has 0 radical (unpaired) electrons. The van der Waals surface area contributed by atoms with Gasteiger partial charge in [0.25, 0.3) is 0 Å². The monoisotopic (exact) mass is 342 g/mol. The van der Waals surface area contributed by atoms with Gasteiger partial charge in [-0.05, 0) is 60.5 Å². The molecule has 0 aliphatic heterocycles. The van der Waals surface area contributed by atoms with Crippen molar-refractivity contribution in [2.24, 2.45) is 34.6 Å². The van der Waals surface area contributed by atoms with E-state index in [2.05, 4.69) is 48.5 Å². The Hall–Kier alpha value is -1.65. The largest absolute Gasteiger partial charge is 0.394 e. The molecule has 1 aromatic rings. The quantitative estimate of drug-likeness (QED) is 0.473. The standard InChI is InChI=1S/C21H30N2O2/c1-15-12-18(16-6-3-2-4-7-16)13-19-20(24)14-17(21(15)19)8-5-10-23-25-11-9-22/h2-8,10,15,17-21,24H,9,11-14,22H2,1H3/b8-5+,23-10+/t15-,17-,18-,19+,20-,21+/m0/s1. The third-order valence-electron chi connectivity index (χ3n) is 5.93. The van der Waals surface area contributed by atoms with Crippen LogP contribution in [0.1, 0.15) is 37.7 Å². The lowest BCUT2D eigenvalue weighted by molar-refractivity contribution is 0.0654. The van der Waals surface area contributed by atoms with E-state index in [1.54, 1.807) is 6.21 Å². The predicted molar refractivity (Wildman–Crippen MR) is 101 cm³/mol. The molecule has 1 aromatic carbocycles. The fourth-order valence-electron chi connectivity index (χ4n) is 4.95. The Morgan fingerprint density at radius 2 is 2.04 bits per heavy atom. The SMILES string of the molecule is C[C@H]1C[C@H](c2ccccc2)C[C@H]2[C@H]1[C@@H](/C=C/C=N/OCCN)C[C@@H]2O. The molecular formula is C21H30N2O2. The molecule has 6 atom stereocenters. The average molecular weight is 342 g/mol. The van der Waals surface area contributed by atoms with Crippen LogP contribution < -0.4 is 5.73 Å². The molecule has 2 aliphatic carbocycles. The molecule has 2 aliphatic rings. The molecule has 4 heteroatoms. The van der Waals surface area contributed by atoms with E-state index in [1.807, 2.05) is 6.08 Å². The van der Waals surface area contributed by atoms with Crippen molar-refractivity contribution in [1.82, 2.24) is 0 Å². The van der Waals surface area contributed by atoms with Gasteiger partial charge in [0.05, 0.1) is 12.3 Å². The van der Waals surface area contributed by atoms with Gasteiger partial charge in [-0.1, -0.05) is 48.5 Å². The first-order valence-corrected chi connectivity index (χ1v) is 9.46. The molecule has 2 fully saturated rings. The van der Waals surface area contributed by atoms with E-state index in [0.29, 0.717) is 42.7 Å². The number of nitrogens with zero attached hydrogens (tertiary/aromatic N) is 1. The van der Waals surface area contributed by atoms with E-state index in [-0.39, 0.29) is 6.10 Å². The van der Waals surface area contributed by atoms with E-state index in [4.69, 9.17) is 10.6 Å². The van der Waals surface area contributed by atoms with Gasteiger partial charge in [0.1, 0.15) is 6.61 Å². The Morgan fingerprint density at radius 3 is 2.80 bits per heavy atom. The number of aliphatic hydroxyl groups is 1. The predicted octanol–water partition coefficient (Wildman–Crippen LogP) is 3.33. The molecule has 25 heavy (non-hydrogen) atoms. The number of allylic oxidation sites excluding steroid dienone is 2. The second kappa shape index (κ2) is 8.63. The highest BCUT2D eigenvalue weighted by atomic mass is 16.6. The minimum absolute atomic E-state index is 0.195. The van der Waals surface area contributed by atoms with Gasteiger partial charge in [-0.2, -0.15) is 0 Å². The van der Waals surface area contributed by atoms with Crippen LogP contribution in [-0.2, 0) is 4.84 Å². The molecule has 4 nitrogen and oxygen atoms in total. The molecular weight excluding hydrogens is 312 g/mol. The molecule has 0 amide bonds. The number of aliphatic hydroxyl groups excluding tert-OH is 1. The van der Waals surface area contributed by atoms with E-state index >= 15 is 0 Å². The van der Waals surface area contributed by atoms with E-state index in [1.165, 1.54) is 12.0 Å². The maximum atomic E-state index is 10.6. The van der Waals surface area contributed by atoms with Crippen molar-refractivity contribution in [3.05, 3.63) is 48.0 Å². The molecule has 0 aromatic heterocycles. The summed E-state index contributed by atoms with van der Waals surface area (Å²) in [5, 5.41) is 14.5. The first-order chi connectivity index (χ1) is 12.2. The first-order valence-electron chi connectivity index (χ1n) is 9.46. The summed E-state index contributed by atoms with van der Waals surface area (Å²) >= 11 is 0. The maximum Gasteiger partial charge on any atom is 0.129 e. The smallest absolute Gasteiger partial charge is 0.129 e. The van der Waals surface area contributed by atoms with Crippen LogP contribution in [0.15, 0.2) is 47.6 Å². The Bertz CT molecular complexity index is 587. The van der Waals surface area contributed by atoms with Crippen molar-refractivity contribution < 1.29 is 9.94 Å². The number of benzene rings is 1. The van der Waals surface area contributed by atoms with Crippen molar-refractivity contribution >= 4 is 6.21 Å². The number of fused-ring (bicyclic) bond motifs is 1. The zero-order chi connectivity index (χ0) is 17.6. The highest BCUT2D eigenvalue weighted by molar-refractivity contribution is 5.70. The Morgan fingerprint density at radius 1 is 1.24 bits per heavy atom. The van der Waals surface area contributed by atoms with E-state index in [0.717, 1.165) is 12.8 Å². The van der Waals surface area contributed by atoms with Crippen molar-refractivity contribution in [2.45, 2.75) is 38.2 Å². The van der Waals surface area contributed by atoms with Crippen LogP contribution in [0.2, 0.25) is 0 Å². The molecule has 0 saturated heterocycles. The Balaban J connectivity index is 1.64. The van der Waals surface area contributed by atoms with Gasteiger partial charge in [-0.3, -0.25) is 0 Å². The molecule has 3 rings (SSSR count). The zero-order valence-electron chi connectivity index (χ0n) is 15.0. The third kappa shape index (κ3) is 4.31. The molecule has 0 heterocycles.